The molecule has 8 heteroatoms. The van der Waals surface area contributed by atoms with Crippen LogP contribution in [0.3, 0.4) is 0 Å². The summed E-state index contributed by atoms with van der Waals surface area (Å²) >= 11 is 0. The van der Waals surface area contributed by atoms with Gasteiger partial charge < -0.3 is 15.2 Å². The molecule has 0 heterocycles. The first-order valence-corrected chi connectivity index (χ1v) is 7.06. The van der Waals surface area contributed by atoms with Crippen LogP contribution in [0.25, 0.3) is 0 Å². The molecule has 0 spiro atoms. The third-order valence-corrected chi connectivity index (χ3v) is 2.60. The van der Waals surface area contributed by atoms with Gasteiger partial charge in [0.1, 0.15) is 11.4 Å². The zero-order chi connectivity index (χ0) is 18.3. The maximum absolute atomic E-state index is 11.4. The van der Waals surface area contributed by atoms with Crippen LogP contribution in [0.4, 0.5) is 10.5 Å². The molecule has 0 aromatic heterocycles. The molecule has 128 valence electrons. The Bertz CT molecular complexity index is 710. The van der Waals surface area contributed by atoms with Crippen molar-refractivity contribution in [1.29, 1.82) is 0 Å². The smallest absolute Gasteiger partial charge is 0.407 e. The number of hydrogen-bond donors (Lipinski definition) is 2. The van der Waals surface area contributed by atoms with E-state index < -0.39 is 22.4 Å². The van der Waals surface area contributed by atoms with E-state index in [0.29, 0.717) is 6.29 Å². The van der Waals surface area contributed by atoms with Crippen LogP contribution in [-0.2, 0) is 4.74 Å². The lowest BCUT2D eigenvalue weighted by atomic mass is 10.1. The van der Waals surface area contributed by atoms with E-state index in [0.717, 1.165) is 12.1 Å². The van der Waals surface area contributed by atoms with Gasteiger partial charge in [-0.05, 0) is 20.8 Å². The Morgan fingerprint density at radius 1 is 1.46 bits per heavy atom. The summed E-state index contributed by atoms with van der Waals surface area (Å²) in [7, 11) is 0. The van der Waals surface area contributed by atoms with Gasteiger partial charge in [0, 0.05) is 25.1 Å². The average Bonchev–Trinajstić information content (AvgIpc) is 2.46. The first kappa shape index (κ1) is 19.0. The van der Waals surface area contributed by atoms with Crippen LogP contribution in [0.5, 0.6) is 5.75 Å². The summed E-state index contributed by atoms with van der Waals surface area (Å²) in [5, 5.41) is 23.1. The third-order valence-electron chi connectivity index (χ3n) is 2.60. The Labute approximate surface area is 139 Å². The van der Waals surface area contributed by atoms with E-state index in [-0.39, 0.29) is 29.8 Å². The maximum atomic E-state index is 11.4. The summed E-state index contributed by atoms with van der Waals surface area (Å²) < 4.78 is 5.04. The molecule has 1 rings (SSSR count). The van der Waals surface area contributed by atoms with Crippen molar-refractivity contribution in [2.24, 2.45) is 0 Å². The number of nitrogens with zero attached hydrogens (tertiary/aromatic N) is 1. The summed E-state index contributed by atoms with van der Waals surface area (Å²) in [5.74, 6) is 4.80. The minimum atomic E-state index is -0.679. The van der Waals surface area contributed by atoms with Crippen molar-refractivity contribution in [3.63, 3.8) is 0 Å². The van der Waals surface area contributed by atoms with E-state index in [1.54, 1.807) is 20.8 Å². The number of non-ortho nitro benzene ring substituents is 1. The van der Waals surface area contributed by atoms with E-state index in [1.165, 1.54) is 0 Å². The summed E-state index contributed by atoms with van der Waals surface area (Å²) in [6, 6.07) is 2.05. The standard InChI is InChI=1S/C16H18N2O6/c1-16(2,3)24-15(21)17-7-5-4-6-11-8-13(18(22)23)9-12(10-19)14(11)20/h8-10,20H,5,7H2,1-3H3,(H,17,21). The van der Waals surface area contributed by atoms with E-state index in [9.17, 15) is 24.8 Å². The summed E-state index contributed by atoms with van der Waals surface area (Å²) in [4.78, 5) is 32.4. The molecule has 1 amide bonds. The van der Waals surface area contributed by atoms with Gasteiger partial charge in [-0.2, -0.15) is 0 Å². The lowest BCUT2D eigenvalue weighted by Crippen LogP contribution is -2.32. The zero-order valence-corrected chi connectivity index (χ0v) is 13.6. The molecule has 2 N–H and O–H groups in total. The number of nitro groups is 1. The molecule has 0 unspecified atom stereocenters. The number of rotatable bonds is 4. The van der Waals surface area contributed by atoms with Crippen LogP contribution in [0.1, 0.15) is 43.1 Å². The Morgan fingerprint density at radius 3 is 2.67 bits per heavy atom. The molecule has 0 saturated heterocycles. The van der Waals surface area contributed by atoms with Crippen molar-refractivity contribution in [2.45, 2.75) is 32.8 Å². The average molecular weight is 334 g/mol. The number of amides is 1. The van der Waals surface area contributed by atoms with Crippen molar-refractivity contribution >= 4 is 18.1 Å². The van der Waals surface area contributed by atoms with Gasteiger partial charge >= 0.3 is 6.09 Å². The lowest BCUT2D eigenvalue weighted by molar-refractivity contribution is -0.384. The lowest BCUT2D eigenvalue weighted by Gasteiger charge is -2.19. The fraction of sp³-hybridized carbons (Fsp3) is 0.375. The topological polar surface area (TPSA) is 119 Å². The molecule has 24 heavy (non-hydrogen) atoms. The minimum absolute atomic E-state index is 0.0245. The highest BCUT2D eigenvalue weighted by Gasteiger charge is 2.16. The van der Waals surface area contributed by atoms with E-state index in [1.807, 2.05) is 0 Å². The number of alkyl carbamates (subject to hydrolysis) is 1. The Balaban J connectivity index is 2.73. The number of ether oxygens (including phenoxy) is 1. The number of phenols is 1. The molecule has 8 nitrogen and oxygen atoms in total. The van der Waals surface area contributed by atoms with Crippen molar-refractivity contribution in [2.75, 3.05) is 6.54 Å². The zero-order valence-electron chi connectivity index (χ0n) is 13.6. The maximum Gasteiger partial charge on any atom is 0.407 e. The highest BCUT2D eigenvalue weighted by Crippen LogP contribution is 2.26. The number of aldehydes is 1. The SMILES string of the molecule is CC(C)(C)OC(=O)NCCC#Cc1cc([N+](=O)[O-])cc(C=O)c1O. The third kappa shape index (κ3) is 5.96. The quantitative estimate of drug-likeness (QED) is 0.287. The molecule has 1 aromatic rings. The van der Waals surface area contributed by atoms with Crippen LogP contribution in [0.2, 0.25) is 0 Å². The van der Waals surface area contributed by atoms with Gasteiger partial charge in [0.2, 0.25) is 0 Å². The molecule has 0 atom stereocenters. The second-order valence-electron chi connectivity index (χ2n) is 5.79. The molecule has 0 fully saturated rings. The Kier molecular flexibility index (Phi) is 6.30. The second-order valence-corrected chi connectivity index (χ2v) is 5.79. The van der Waals surface area contributed by atoms with E-state index in [4.69, 9.17) is 4.74 Å². The minimum Gasteiger partial charge on any atom is -0.506 e. The van der Waals surface area contributed by atoms with Gasteiger partial charge in [-0.15, -0.1) is 0 Å². The van der Waals surface area contributed by atoms with Crippen LogP contribution < -0.4 is 5.32 Å². The summed E-state index contributed by atoms with van der Waals surface area (Å²) in [5.41, 5.74) is -1.18. The highest BCUT2D eigenvalue weighted by atomic mass is 16.6. The Morgan fingerprint density at radius 2 is 2.12 bits per heavy atom. The predicted molar refractivity (Wildman–Crippen MR) is 85.9 cm³/mol. The van der Waals surface area contributed by atoms with Gasteiger partial charge in [0.05, 0.1) is 16.1 Å². The van der Waals surface area contributed by atoms with Crippen molar-refractivity contribution < 1.29 is 24.4 Å². The molecule has 1 aromatic carbocycles. The first-order chi connectivity index (χ1) is 11.1. The number of nitrogens with one attached hydrogen (secondary N) is 1. The number of nitro benzene ring substituents is 1. The molecule has 0 aliphatic rings. The number of aromatic hydroxyl groups is 1. The van der Waals surface area contributed by atoms with Crippen LogP contribution in [0.15, 0.2) is 12.1 Å². The van der Waals surface area contributed by atoms with Crippen LogP contribution in [-0.4, -0.2) is 34.6 Å². The molecule has 0 bridgehead atoms. The van der Waals surface area contributed by atoms with Crippen LogP contribution >= 0.6 is 0 Å². The molecular weight excluding hydrogens is 316 g/mol. The fourth-order valence-electron chi connectivity index (χ4n) is 1.63. The summed E-state index contributed by atoms with van der Waals surface area (Å²) in [6.07, 6.45) is -0.0271. The number of phenolic OH excluding ortho intramolecular Hbond substituents is 1. The van der Waals surface area contributed by atoms with Gasteiger partial charge in [0.15, 0.2) is 6.29 Å². The number of carbonyl (C=O) groups is 2. The van der Waals surface area contributed by atoms with Crippen LogP contribution in [0, 0.1) is 22.0 Å². The molecule has 0 aliphatic heterocycles. The molecule has 0 radical (unpaired) electrons. The number of hydrogen-bond acceptors (Lipinski definition) is 6. The molecule has 0 aliphatic carbocycles. The normalized spacial score (nSPS) is 10.3. The fourth-order valence-corrected chi connectivity index (χ4v) is 1.63. The van der Waals surface area contributed by atoms with Gasteiger partial charge in [-0.1, -0.05) is 11.8 Å². The van der Waals surface area contributed by atoms with Gasteiger partial charge in [0.25, 0.3) is 5.69 Å². The highest BCUT2D eigenvalue weighted by molar-refractivity contribution is 5.82. The number of carbonyl (C=O) groups excluding carboxylic acids is 2. The van der Waals surface area contributed by atoms with Gasteiger partial charge in [-0.3, -0.25) is 14.9 Å². The van der Waals surface area contributed by atoms with Crippen molar-refractivity contribution in [3.05, 3.63) is 33.4 Å². The molecule has 0 saturated carbocycles. The van der Waals surface area contributed by atoms with Crippen molar-refractivity contribution in [3.8, 4) is 17.6 Å². The summed E-state index contributed by atoms with van der Waals surface area (Å²) in [6.45, 7) is 5.42. The van der Waals surface area contributed by atoms with Gasteiger partial charge in [-0.25, -0.2) is 4.79 Å². The second kappa shape index (κ2) is 7.97. The van der Waals surface area contributed by atoms with Crippen molar-refractivity contribution in [1.82, 2.24) is 5.32 Å². The van der Waals surface area contributed by atoms with E-state index in [2.05, 4.69) is 17.2 Å². The monoisotopic (exact) mass is 334 g/mol. The molecular formula is C16H18N2O6. The Hall–Kier alpha value is -3.08. The number of benzene rings is 1. The van der Waals surface area contributed by atoms with E-state index >= 15 is 0 Å². The predicted octanol–water partition coefficient (Wildman–Crippen LogP) is 2.38. The first-order valence-electron chi connectivity index (χ1n) is 7.06. The largest absolute Gasteiger partial charge is 0.506 e.